The molecule has 1 unspecified atom stereocenters. The number of para-hydroxylation sites is 1. The molecule has 162 valence electrons. The van der Waals surface area contributed by atoms with Gasteiger partial charge in [0.05, 0.1) is 11.9 Å². The highest BCUT2D eigenvalue weighted by Crippen LogP contribution is 2.45. The van der Waals surface area contributed by atoms with Gasteiger partial charge in [0.15, 0.2) is 0 Å². The molecule has 1 fully saturated rings. The van der Waals surface area contributed by atoms with E-state index in [1.807, 2.05) is 23.1 Å². The number of H-pyrrole nitrogens is 1. The SMILES string of the molecule is C[C@@H]1CCC[C@H](C)N1CCCCCN1C(=O)C(c2ncc(N)[nH]2)Sc2ccccc21. The summed E-state index contributed by atoms with van der Waals surface area (Å²) in [5, 5.41) is -0.368. The van der Waals surface area contributed by atoms with Gasteiger partial charge in [0.2, 0.25) is 5.91 Å². The number of anilines is 2. The van der Waals surface area contributed by atoms with E-state index in [9.17, 15) is 4.79 Å². The van der Waals surface area contributed by atoms with Crippen molar-refractivity contribution in [2.24, 2.45) is 0 Å². The van der Waals surface area contributed by atoms with Crippen molar-refractivity contribution in [1.29, 1.82) is 0 Å². The Morgan fingerprint density at radius 2 is 1.87 bits per heavy atom. The van der Waals surface area contributed by atoms with Crippen molar-refractivity contribution in [2.45, 2.75) is 74.6 Å². The van der Waals surface area contributed by atoms with Crippen LogP contribution in [0, 0.1) is 0 Å². The van der Waals surface area contributed by atoms with Crippen LogP contribution in [0.25, 0.3) is 0 Å². The Labute approximate surface area is 183 Å². The zero-order valence-corrected chi connectivity index (χ0v) is 18.8. The zero-order chi connectivity index (χ0) is 21.1. The van der Waals surface area contributed by atoms with E-state index in [4.69, 9.17) is 5.73 Å². The van der Waals surface area contributed by atoms with E-state index < -0.39 is 0 Å². The summed E-state index contributed by atoms with van der Waals surface area (Å²) in [6.45, 7) is 6.63. The number of nitrogen functional groups attached to an aromatic ring is 1. The van der Waals surface area contributed by atoms with Crippen LogP contribution in [0.5, 0.6) is 0 Å². The molecule has 3 atom stereocenters. The maximum atomic E-state index is 13.3. The molecule has 6 nitrogen and oxygen atoms in total. The molecule has 3 heterocycles. The maximum Gasteiger partial charge on any atom is 0.248 e. The van der Waals surface area contributed by atoms with E-state index in [0.717, 1.165) is 36.5 Å². The second kappa shape index (κ2) is 9.43. The number of aromatic amines is 1. The topological polar surface area (TPSA) is 78.2 Å². The number of benzene rings is 1. The molecular formula is C23H33N5OS. The number of imidazole rings is 1. The first kappa shape index (κ1) is 21.2. The number of nitrogens with two attached hydrogens (primary N) is 1. The van der Waals surface area contributed by atoms with Crippen molar-refractivity contribution in [3.05, 3.63) is 36.3 Å². The molecule has 0 spiro atoms. The summed E-state index contributed by atoms with van der Waals surface area (Å²) >= 11 is 1.55. The van der Waals surface area contributed by atoms with Crippen molar-refractivity contribution in [3.63, 3.8) is 0 Å². The van der Waals surface area contributed by atoms with Gasteiger partial charge in [-0.25, -0.2) is 4.98 Å². The molecule has 1 amide bonds. The number of hydrogen-bond donors (Lipinski definition) is 2. The molecule has 4 rings (SSSR count). The quantitative estimate of drug-likeness (QED) is 0.631. The fraction of sp³-hybridized carbons (Fsp3) is 0.565. The lowest BCUT2D eigenvalue weighted by atomic mass is 9.97. The van der Waals surface area contributed by atoms with Crippen LogP contribution in [0.15, 0.2) is 35.4 Å². The number of rotatable bonds is 7. The molecular weight excluding hydrogens is 394 g/mol. The Kier molecular flexibility index (Phi) is 6.68. The monoisotopic (exact) mass is 427 g/mol. The Balaban J connectivity index is 1.37. The molecule has 30 heavy (non-hydrogen) atoms. The number of aromatic nitrogens is 2. The Bertz CT molecular complexity index is 859. The lowest BCUT2D eigenvalue weighted by molar-refractivity contribution is -0.118. The number of piperidine rings is 1. The summed E-state index contributed by atoms with van der Waals surface area (Å²) in [6.07, 6.45) is 8.90. The van der Waals surface area contributed by atoms with Gasteiger partial charge in [-0.05, 0) is 58.2 Å². The van der Waals surface area contributed by atoms with Gasteiger partial charge in [-0.15, -0.1) is 11.8 Å². The molecule has 1 aromatic carbocycles. The number of likely N-dealkylation sites (tertiary alicyclic amines) is 1. The molecule has 2 aromatic rings. The standard InChI is InChI=1S/C23H33N5OS/c1-16-9-8-10-17(2)27(16)13-6-3-7-14-28-18-11-4-5-12-19(18)30-21(23(28)29)22-25-15-20(24)26-22/h4-5,11-12,15-17,21H,3,6-10,13-14,24H2,1-2H3,(H,25,26)/t16-,17+,21?. The van der Waals surface area contributed by atoms with Crippen LogP contribution in [0.2, 0.25) is 0 Å². The van der Waals surface area contributed by atoms with Crippen molar-refractivity contribution in [3.8, 4) is 0 Å². The summed E-state index contributed by atoms with van der Waals surface area (Å²) in [7, 11) is 0. The summed E-state index contributed by atoms with van der Waals surface area (Å²) in [5.74, 6) is 1.21. The summed E-state index contributed by atoms with van der Waals surface area (Å²) in [6, 6.07) is 9.55. The number of amides is 1. The Morgan fingerprint density at radius 1 is 1.13 bits per heavy atom. The maximum absolute atomic E-state index is 13.3. The minimum atomic E-state index is -0.368. The second-order valence-corrected chi connectivity index (χ2v) is 9.75. The van der Waals surface area contributed by atoms with Crippen LogP contribution in [0.3, 0.4) is 0 Å². The number of unbranched alkanes of at least 4 members (excludes halogenated alkanes) is 2. The predicted octanol–water partition coefficient (Wildman–Crippen LogP) is 4.61. The average molecular weight is 428 g/mol. The number of nitrogens with one attached hydrogen (secondary N) is 1. The zero-order valence-electron chi connectivity index (χ0n) is 18.0. The molecule has 1 aromatic heterocycles. The van der Waals surface area contributed by atoms with Gasteiger partial charge in [0, 0.05) is 23.5 Å². The number of hydrogen-bond acceptors (Lipinski definition) is 5. The van der Waals surface area contributed by atoms with Gasteiger partial charge in [-0.1, -0.05) is 25.0 Å². The highest BCUT2D eigenvalue weighted by molar-refractivity contribution is 8.00. The second-order valence-electron chi connectivity index (χ2n) is 8.61. The van der Waals surface area contributed by atoms with E-state index in [1.165, 1.54) is 25.7 Å². The van der Waals surface area contributed by atoms with Crippen molar-refractivity contribution < 1.29 is 4.79 Å². The lowest BCUT2D eigenvalue weighted by Gasteiger charge is -2.39. The van der Waals surface area contributed by atoms with Crippen molar-refractivity contribution >= 4 is 29.2 Å². The van der Waals surface area contributed by atoms with Crippen molar-refractivity contribution in [1.82, 2.24) is 14.9 Å². The Morgan fingerprint density at radius 3 is 2.60 bits per heavy atom. The molecule has 7 heteroatoms. The van der Waals surface area contributed by atoms with Gasteiger partial charge in [0.1, 0.15) is 16.9 Å². The molecule has 2 aliphatic heterocycles. The van der Waals surface area contributed by atoms with Gasteiger partial charge < -0.3 is 15.6 Å². The largest absolute Gasteiger partial charge is 0.384 e. The molecule has 1 saturated heterocycles. The normalized spacial score (nSPS) is 24.8. The lowest BCUT2D eigenvalue weighted by Crippen LogP contribution is -2.44. The highest BCUT2D eigenvalue weighted by atomic mass is 32.2. The number of nitrogens with zero attached hydrogens (tertiary/aromatic N) is 3. The number of fused-ring (bicyclic) bond motifs is 1. The first-order valence-electron chi connectivity index (χ1n) is 11.2. The predicted molar refractivity (Wildman–Crippen MR) is 124 cm³/mol. The molecule has 0 saturated carbocycles. The number of thioether (sulfide) groups is 1. The van der Waals surface area contributed by atoms with Gasteiger partial charge in [-0.2, -0.15) is 0 Å². The number of carbonyl (C=O) groups is 1. The van der Waals surface area contributed by atoms with Crippen LogP contribution in [0.4, 0.5) is 11.5 Å². The molecule has 0 bridgehead atoms. The first-order chi connectivity index (χ1) is 14.5. The van der Waals surface area contributed by atoms with Crippen LogP contribution in [-0.4, -0.2) is 45.9 Å². The molecule has 0 aliphatic carbocycles. The highest BCUT2D eigenvalue weighted by Gasteiger charge is 2.36. The van der Waals surface area contributed by atoms with Crippen molar-refractivity contribution in [2.75, 3.05) is 23.7 Å². The Hall–Kier alpha value is -1.99. The first-order valence-corrected chi connectivity index (χ1v) is 12.1. The third-order valence-corrected chi connectivity index (χ3v) is 7.69. The van der Waals surface area contributed by atoms with E-state index in [-0.39, 0.29) is 11.2 Å². The number of carbonyl (C=O) groups excluding carboxylic acids is 1. The van der Waals surface area contributed by atoms with Crippen LogP contribution in [0.1, 0.15) is 63.4 Å². The van der Waals surface area contributed by atoms with Gasteiger partial charge in [-0.3, -0.25) is 9.69 Å². The van der Waals surface area contributed by atoms with Crippen LogP contribution < -0.4 is 10.6 Å². The third-order valence-electron chi connectivity index (χ3n) is 6.43. The van der Waals surface area contributed by atoms with Crippen LogP contribution >= 0.6 is 11.8 Å². The summed E-state index contributed by atoms with van der Waals surface area (Å²) in [5.41, 5.74) is 6.81. The molecule has 0 radical (unpaired) electrons. The fourth-order valence-corrected chi connectivity index (χ4v) is 5.93. The van der Waals surface area contributed by atoms with E-state index in [1.54, 1.807) is 18.0 Å². The third kappa shape index (κ3) is 4.52. The fourth-order valence-electron chi connectivity index (χ4n) is 4.76. The van der Waals surface area contributed by atoms with Crippen LogP contribution in [-0.2, 0) is 4.79 Å². The van der Waals surface area contributed by atoms with E-state index in [0.29, 0.717) is 23.7 Å². The minimum absolute atomic E-state index is 0.0892. The summed E-state index contributed by atoms with van der Waals surface area (Å²) < 4.78 is 0. The van der Waals surface area contributed by atoms with E-state index >= 15 is 0 Å². The molecule has 2 aliphatic rings. The minimum Gasteiger partial charge on any atom is -0.384 e. The van der Waals surface area contributed by atoms with Gasteiger partial charge in [0.25, 0.3) is 0 Å². The van der Waals surface area contributed by atoms with Gasteiger partial charge >= 0.3 is 0 Å². The average Bonchev–Trinajstić information content (AvgIpc) is 3.16. The molecule has 3 N–H and O–H groups in total. The smallest absolute Gasteiger partial charge is 0.248 e. The summed E-state index contributed by atoms with van der Waals surface area (Å²) in [4.78, 5) is 26.4. The van der Waals surface area contributed by atoms with E-state index in [2.05, 4.69) is 34.8 Å².